The van der Waals surface area contributed by atoms with Crippen LogP contribution in [-0.4, -0.2) is 9.97 Å². The van der Waals surface area contributed by atoms with Gasteiger partial charge in [0, 0.05) is 27.9 Å². The SMILES string of the molecule is CCC1(CC)c2cc(-c3c4ccccc4c(-c4c5ccccc5cc5ccccc45)c4ccccc34)cnc2-c2nc3c4ccccc4c4ccccc4c3cc21. The molecule has 1 aliphatic rings. The van der Waals surface area contributed by atoms with Gasteiger partial charge in [0.25, 0.3) is 0 Å². The van der Waals surface area contributed by atoms with Crippen molar-refractivity contribution in [1.82, 2.24) is 9.97 Å². The van der Waals surface area contributed by atoms with Crippen molar-refractivity contribution in [3.05, 3.63) is 181 Å². The molecule has 0 saturated heterocycles. The van der Waals surface area contributed by atoms with Crippen LogP contribution in [0, 0.1) is 0 Å². The van der Waals surface area contributed by atoms with Gasteiger partial charge in [0.05, 0.1) is 16.9 Å². The Morgan fingerprint density at radius 1 is 0.386 bits per heavy atom. The van der Waals surface area contributed by atoms with Crippen molar-refractivity contribution in [3.63, 3.8) is 0 Å². The van der Waals surface area contributed by atoms with Crippen LogP contribution in [0.15, 0.2) is 170 Å². The standard InChI is InChI=1S/C55H38N2/c1-3-55(4-2)47-30-35(32-56-53(47)54-48(55)31-46-40-23-10-9-21-38(40)39-22-11-16-28-45(39)52(46)57-54)49-41-24-12-14-26-43(41)51(44-27-15-13-25-42(44)49)50-36-19-7-5-17-33(36)29-34-18-6-8-20-37(34)50/h5-32H,3-4H2,1-2H3. The minimum Gasteiger partial charge on any atom is -0.254 e. The smallest absolute Gasteiger partial charge is 0.0938 e. The number of nitrogens with zero attached hydrogens (tertiary/aromatic N) is 2. The molecule has 0 amide bonds. The summed E-state index contributed by atoms with van der Waals surface area (Å²) in [4.78, 5) is 11.0. The fourth-order valence-corrected chi connectivity index (χ4v) is 10.7. The van der Waals surface area contributed by atoms with Crippen molar-refractivity contribution in [2.75, 3.05) is 0 Å². The van der Waals surface area contributed by atoms with Crippen LogP contribution in [0.1, 0.15) is 37.8 Å². The third kappa shape index (κ3) is 4.36. The second-order valence-electron chi connectivity index (χ2n) is 15.8. The first-order chi connectivity index (χ1) is 28.2. The van der Waals surface area contributed by atoms with Gasteiger partial charge in [0.15, 0.2) is 0 Å². The van der Waals surface area contributed by atoms with E-state index in [0.29, 0.717) is 0 Å². The Morgan fingerprint density at radius 2 is 0.807 bits per heavy atom. The highest BCUT2D eigenvalue weighted by atomic mass is 14.8. The molecule has 0 N–H and O–H groups in total. The molecule has 2 nitrogen and oxygen atoms in total. The zero-order chi connectivity index (χ0) is 37.8. The van der Waals surface area contributed by atoms with Gasteiger partial charge in [-0.15, -0.1) is 0 Å². The van der Waals surface area contributed by atoms with Crippen molar-refractivity contribution in [1.29, 1.82) is 0 Å². The summed E-state index contributed by atoms with van der Waals surface area (Å²) in [7, 11) is 0. The molecule has 2 aromatic heterocycles. The molecule has 57 heavy (non-hydrogen) atoms. The first-order valence-electron chi connectivity index (χ1n) is 20.3. The van der Waals surface area contributed by atoms with Gasteiger partial charge in [-0.1, -0.05) is 159 Å². The van der Waals surface area contributed by atoms with E-state index in [4.69, 9.17) is 9.97 Å². The van der Waals surface area contributed by atoms with Gasteiger partial charge in [0.1, 0.15) is 0 Å². The normalized spacial score (nSPS) is 13.4. The van der Waals surface area contributed by atoms with E-state index in [1.54, 1.807) is 0 Å². The van der Waals surface area contributed by atoms with E-state index in [9.17, 15) is 0 Å². The highest BCUT2D eigenvalue weighted by Gasteiger charge is 2.43. The molecule has 0 bridgehead atoms. The fraction of sp³-hybridized carbons (Fsp3) is 0.0909. The van der Waals surface area contributed by atoms with Crippen molar-refractivity contribution in [2.24, 2.45) is 0 Å². The van der Waals surface area contributed by atoms with Crippen LogP contribution >= 0.6 is 0 Å². The summed E-state index contributed by atoms with van der Waals surface area (Å²) >= 11 is 0. The van der Waals surface area contributed by atoms with E-state index in [2.05, 4.69) is 184 Å². The zero-order valence-corrected chi connectivity index (χ0v) is 32.0. The fourth-order valence-electron chi connectivity index (χ4n) is 10.7. The Kier molecular flexibility index (Phi) is 6.84. The number of rotatable bonds is 4. The molecule has 0 saturated carbocycles. The molecule has 0 fully saturated rings. The molecule has 268 valence electrons. The molecule has 0 radical (unpaired) electrons. The Hall–Kier alpha value is -6.90. The highest BCUT2D eigenvalue weighted by molar-refractivity contribution is 6.28. The molecular formula is C55H38N2. The minimum atomic E-state index is -0.213. The number of benzene rings is 9. The predicted molar refractivity (Wildman–Crippen MR) is 242 cm³/mol. The van der Waals surface area contributed by atoms with Gasteiger partial charge in [0.2, 0.25) is 0 Å². The van der Waals surface area contributed by atoms with Crippen molar-refractivity contribution >= 4 is 75.5 Å². The number of fused-ring (bicyclic) bond motifs is 13. The summed E-state index contributed by atoms with van der Waals surface area (Å²) in [6.07, 6.45) is 4.04. The number of hydrogen-bond acceptors (Lipinski definition) is 2. The topological polar surface area (TPSA) is 25.8 Å². The van der Waals surface area contributed by atoms with Gasteiger partial charge in [-0.25, -0.2) is 4.98 Å². The third-order valence-electron chi connectivity index (χ3n) is 13.3. The molecule has 11 aromatic rings. The minimum absolute atomic E-state index is 0.213. The Balaban J connectivity index is 1.15. The third-order valence-corrected chi connectivity index (χ3v) is 13.3. The van der Waals surface area contributed by atoms with Gasteiger partial charge in [-0.2, -0.15) is 0 Å². The number of aromatic nitrogens is 2. The summed E-state index contributed by atoms with van der Waals surface area (Å²) in [5.74, 6) is 0. The Morgan fingerprint density at radius 3 is 1.37 bits per heavy atom. The van der Waals surface area contributed by atoms with E-state index < -0.39 is 0 Å². The zero-order valence-electron chi connectivity index (χ0n) is 32.0. The average molecular weight is 727 g/mol. The van der Waals surface area contributed by atoms with Gasteiger partial charge >= 0.3 is 0 Å². The van der Waals surface area contributed by atoms with Crippen molar-refractivity contribution < 1.29 is 0 Å². The molecule has 0 unspecified atom stereocenters. The molecule has 1 aliphatic carbocycles. The molecule has 0 spiro atoms. The lowest BCUT2D eigenvalue weighted by atomic mass is 9.73. The van der Waals surface area contributed by atoms with E-state index in [-0.39, 0.29) is 5.41 Å². The van der Waals surface area contributed by atoms with Gasteiger partial charge in [-0.05, 0) is 118 Å². The molecular weight excluding hydrogens is 689 g/mol. The second-order valence-corrected chi connectivity index (χ2v) is 15.8. The monoisotopic (exact) mass is 726 g/mol. The Labute approximate surface area is 331 Å². The van der Waals surface area contributed by atoms with Crippen LogP contribution in [-0.2, 0) is 5.41 Å². The Bertz CT molecular complexity index is 3390. The second kappa shape index (κ2) is 12.0. The van der Waals surface area contributed by atoms with Crippen molar-refractivity contribution in [2.45, 2.75) is 32.1 Å². The van der Waals surface area contributed by atoms with Crippen LogP contribution in [0.2, 0.25) is 0 Å². The van der Waals surface area contributed by atoms with E-state index in [1.807, 2.05) is 0 Å². The van der Waals surface area contributed by atoms with Crippen LogP contribution in [0.3, 0.4) is 0 Å². The first kappa shape index (κ1) is 32.4. The van der Waals surface area contributed by atoms with E-state index >= 15 is 0 Å². The summed E-state index contributed by atoms with van der Waals surface area (Å²) in [5, 5.41) is 16.2. The lowest BCUT2D eigenvalue weighted by Gasteiger charge is -2.29. The van der Waals surface area contributed by atoms with Gasteiger partial charge in [-0.3, -0.25) is 4.98 Å². The molecule has 0 aliphatic heterocycles. The largest absolute Gasteiger partial charge is 0.254 e. The predicted octanol–water partition coefficient (Wildman–Crippen LogP) is 15.0. The average Bonchev–Trinajstić information content (AvgIpc) is 3.55. The van der Waals surface area contributed by atoms with Crippen LogP contribution < -0.4 is 0 Å². The first-order valence-corrected chi connectivity index (χ1v) is 20.3. The highest BCUT2D eigenvalue weighted by Crippen LogP contribution is 2.55. The molecule has 2 heterocycles. The van der Waals surface area contributed by atoms with Gasteiger partial charge < -0.3 is 0 Å². The maximum atomic E-state index is 5.60. The summed E-state index contributed by atoms with van der Waals surface area (Å²) in [5.41, 5.74) is 10.4. The van der Waals surface area contributed by atoms with Crippen LogP contribution in [0.4, 0.5) is 0 Å². The van der Waals surface area contributed by atoms with Crippen LogP contribution in [0.5, 0.6) is 0 Å². The van der Waals surface area contributed by atoms with E-state index in [0.717, 1.165) is 35.3 Å². The quantitative estimate of drug-likeness (QED) is 0.133. The number of pyridine rings is 2. The van der Waals surface area contributed by atoms with E-state index in [1.165, 1.54) is 97.8 Å². The lowest BCUT2D eigenvalue weighted by molar-refractivity contribution is 0.490. The molecule has 12 rings (SSSR count). The summed E-state index contributed by atoms with van der Waals surface area (Å²) < 4.78 is 0. The maximum absolute atomic E-state index is 5.60. The maximum Gasteiger partial charge on any atom is 0.0938 e. The molecule has 2 heteroatoms. The lowest BCUT2D eigenvalue weighted by Crippen LogP contribution is -2.23. The summed E-state index contributed by atoms with van der Waals surface area (Å²) in [6.45, 7) is 4.68. The summed E-state index contributed by atoms with van der Waals surface area (Å²) in [6, 6.07) is 60.5. The number of hydrogen-bond donors (Lipinski definition) is 0. The molecule has 9 aromatic carbocycles. The van der Waals surface area contributed by atoms with Crippen molar-refractivity contribution in [3.8, 4) is 33.6 Å². The van der Waals surface area contributed by atoms with Crippen LogP contribution in [0.25, 0.3) is 109 Å². The molecule has 0 atom stereocenters.